The largest absolute Gasteiger partial charge is 0.129 e. The van der Waals surface area contributed by atoms with Crippen LogP contribution in [-0.4, -0.2) is 20.8 Å². The summed E-state index contributed by atoms with van der Waals surface area (Å²) in [5.74, 6) is 0. The summed E-state index contributed by atoms with van der Waals surface area (Å²) in [6.07, 6.45) is 0. The third-order valence-corrected chi connectivity index (χ3v) is 18.1. The molecular formula is C17H23ClSi2. The van der Waals surface area contributed by atoms with Gasteiger partial charge < -0.3 is 0 Å². The molecule has 0 heterocycles. The van der Waals surface area contributed by atoms with Gasteiger partial charge >= 0.3 is 0 Å². The Bertz CT molecular complexity index is 498. The van der Waals surface area contributed by atoms with E-state index in [1.165, 1.54) is 10.4 Å². The topological polar surface area (TPSA) is 0 Å². The minimum absolute atomic E-state index is 0.278. The highest BCUT2D eigenvalue weighted by molar-refractivity contribution is 7.13. The zero-order chi connectivity index (χ0) is 14.8. The lowest BCUT2D eigenvalue weighted by Gasteiger charge is -2.38. The molecular weight excluding hydrogens is 296 g/mol. The second kappa shape index (κ2) is 5.88. The standard InChI is InChI=1S/C17H23ClSi2/c1-19(2,15-11-7-5-8-12-15)17(18)20(3,4)16-13-9-6-10-14-16/h5-14,17H,1-4H3. The van der Waals surface area contributed by atoms with E-state index in [1.54, 1.807) is 0 Å². The molecule has 2 rings (SSSR count). The van der Waals surface area contributed by atoms with E-state index in [0.29, 0.717) is 0 Å². The van der Waals surface area contributed by atoms with Crippen LogP contribution in [0.25, 0.3) is 0 Å². The Balaban J connectivity index is 2.37. The second-order valence-electron chi connectivity index (χ2n) is 6.54. The lowest BCUT2D eigenvalue weighted by molar-refractivity contribution is 1.48. The lowest BCUT2D eigenvalue weighted by atomic mass is 10.4. The molecule has 0 spiro atoms. The molecule has 0 saturated carbocycles. The van der Waals surface area contributed by atoms with Gasteiger partial charge in [0.15, 0.2) is 0 Å². The van der Waals surface area contributed by atoms with Crippen molar-refractivity contribution in [3.8, 4) is 0 Å². The number of hydrogen-bond acceptors (Lipinski definition) is 0. The molecule has 0 aliphatic carbocycles. The van der Waals surface area contributed by atoms with Crippen molar-refractivity contribution in [2.24, 2.45) is 0 Å². The second-order valence-corrected chi connectivity index (χ2v) is 17.5. The minimum Gasteiger partial charge on any atom is -0.129 e. The van der Waals surface area contributed by atoms with E-state index in [0.717, 1.165) is 0 Å². The SMILES string of the molecule is C[Si](C)(c1ccccc1)C(Cl)[Si](C)(C)c1ccccc1. The van der Waals surface area contributed by atoms with Gasteiger partial charge in [0.25, 0.3) is 0 Å². The van der Waals surface area contributed by atoms with Gasteiger partial charge in [-0.1, -0.05) is 97.2 Å². The molecule has 0 nitrogen and oxygen atoms in total. The van der Waals surface area contributed by atoms with Crippen molar-refractivity contribution in [3.05, 3.63) is 60.7 Å². The normalized spacial score (nSPS) is 12.7. The third-order valence-electron chi connectivity index (χ3n) is 4.30. The first-order valence-electron chi connectivity index (χ1n) is 7.12. The molecule has 2 aromatic rings. The van der Waals surface area contributed by atoms with Crippen LogP contribution in [0.2, 0.25) is 26.2 Å². The van der Waals surface area contributed by atoms with Crippen molar-refractivity contribution in [2.45, 2.75) is 30.8 Å². The third kappa shape index (κ3) is 2.92. The highest BCUT2D eigenvalue weighted by Gasteiger charge is 2.44. The fourth-order valence-electron chi connectivity index (χ4n) is 2.93. The molecule has 0 aliphatic heterocycles. The van der Waals surface area contributed by atoms with Crippen molar-refractivity contribution in [1.29, 1.82) is 0 Å². The average Bonchev–Trinajstić information content (AvgIpc) is 2.48. The molecule has 0 aromatic heterocycles. The van der Waals surface area contributed by atoms with E-state index in [9.17, 15) is 0 Å². The van der Waals surface area contributed by atoms with Crippen LogP contribution in [0.5, 0.6) is 0 Å². The smallest absolute Gasteiger partial charge is 0.0968 e. The molecule has 0 unspecified atom stereocenters. The van der Waals surface area contributed by atoms with E-state index in [1.807, 2.05) is 0 Å². The summed E-state index contributed by atoms with van der Waals surface area (Å²) < 4.78 is 0.278. The first-order valence-corrected chi connectivity index (χ1v) is 13.7. The van der Waals surface area contributed by atoms with Gasteiger partial charge in [0.1, 0.15) is 0 Å². The van der Waals surface area contributed by atoms with E-state index in [-0.39, 0.29) is 4.62 Å². The maximum absolute atomic E-state index is 7.06. The van der Waals surface area contributed by atoms with E-state index in [2.05, 4.69) is 86.9 Å². The molecule has 3 heteroatoms. The van der Waals surface area contributed by atoms with E-state index >= 15 is 0 Å². The summed E-state index contributed by atoms with van der Waals surface area (Å²) in [7, 11) is -3.35. The van der Waals surface area contributed by atoms with Gasteiger partial charge in [0.2, 0.25) is 0 Å². The van der Waals surface area contributed by atoms with Gasteiger partial charge in [0.05, 0.1) is 16.1 Å². The Kier molecular flexibility index (Phi) is 4.57. The van der Waals surface area contributed by atoms with Crippen molar-refractivity contribution in [2.75, 3.05) is 0 Å². The number of halogens is 1. The fourth-order valence-corrected chi connectivity index (χ4v) is 14.6. The zero-order valence-corrected chi connectivity index (χ0v) is 15.5. The summed E-state index contributed by atoms with van der Waals surface area (Å²) in [5, 5.41) is 2.91. The first-order chi connectivity index (χ1) is 9.37. The van der Waals surface area contributed by atoms with Crippen molar-refractivity contribution in [3.63, 3.8) is 0 Å². The average molecular weight is 319 g/mol. The molecule has 0 N–H and O–H groups in total. The van der Waals surface area contributed by atoms with Gasteiger partial charge in [-0.15, -0.1) is 11.6 Å². The number of hydrogen-bond donors (Lipinski definition) is 0. The van der Waals surface area contributed by atoms with Crippen LogP contribution in [0.4, 0.5) is 0 Å². The molecule has 0 fully saturated rings. The van der Waals surface area contributed by atoms with E-state index < -0.39 is 16.1 Å². The van der Waals surface area contributed by atoms with Crippen molar-refractivity contribution >= 4 is 38.1 Å². The Labute approximate surface area is 129 Å². The van der Waals surface area contributed by atoms with Crippen LogP contribution < -0.4 is 10.4 Å². The quantitative estimate of drug-likeness (QED) is 0.592. The summed E-state index contributed by atoms with van der Waals surface area (Å²) >= 11 is 7.06. The maximum atomic E-state index is 7.06. The number of benzene rings is 2. The van der Waals surface area contributed by atoms with Crippen LogP contribution in [0, 0.1) is 0 Å². The van der Waals surface area contributed by atoms with Gasteiger partial charge in [0, 0.05) is 4.62 Å². The zero-order valence-electron chi connectivity index (χ0n) is 12.7. The predicted molar refractivity (Wildman–Crippen MR) is 96.8 cm³/mol. The first kappa shape index (κ1) is 15.6. The number of rotatable bonds is 4. The number of alkyl halides is 1. The molecule has 106 valence electrons. The van der Waals surface area contributed by atoms with Crippen LogP contribution in [0.3, 0.4) is 0 Å². The molecule has 2 aromatic carbocycles. The Morgan fingerprint density at radius 2 is 0.950 bits per heavy atom. The van der Waals surface area contributed by atoms with Crippen LogP contribution in [0.15, 0.2) is 60.7 Å². The molecule has 0 atom stereocenters. The van der Waals surface area contributed by atoms with Crippen LogP contribution in [0.1, 0.15) is 0 Å². The van der Waals surface area contributed by atoms with Gasteiger partial charge in [-0.05, 0) is 0 Å². The van der Waals surface area contributed by atoms with E-state index in [4.69, 9.17) is 11.6 Å². The monoisotopic (exact) mass is 318 g/mol. The highest BCUT2D eigenvalue weighted by atomic mass is 35.5. The summed E-state index contributed by atoms with van der Waals surface area (Å²) in [5.41, 5.74) is 0. The Morgan fingerprint density at radius 3 is 1.25 bits per heavy atom. The van der Waals surface area contributed by atoms with Crippen LogP contribution in [-0.2, 0) is 0 Å². The lowest BCUT2D eigenvalue weighted by Crippen LogP contribution is -2.65. The Hall–Kier alpha value is -0.836. The summed E-state index contributed by atoms with van der Waals surface area (Å²) in [6.45, 7) is 9.60. The molecule has 0 amide bonds. The molecule has 0 bridgehead atoms. The van der Waals surface area contributed by atoms with Crippen LogP contribution >= 0.6 is 11.6 Å². The Morgan fingerprint density at radius 1 is 0.650 bits per heavy atom. The van der Waals surface area contributed by atoms with Crippen molar-refractivity contribution in [1.82, 2.24) is 0 Å². The van der Waals surface area contributed by atoms with Gasteiger partial charge in [-0.25, -0.2) is 0 Å². The molecule has 0 aliphatic rings. The fraction of sp³-hybridized carbons (Fsp3) is 0.294. The maximum Gasteiger partial charge on any atom is 0.0968 e. The predicted octanol–water partition coefficient (Wildman–Crippen LogP) is 3.90. The van der Waals surface area contributed by atoms with Gasteiger partial charge in [-0.2, -0.15) is 0 Å². The molecule has 20 heavy (non-hydrogen) atoms. The van der Waals surface area contributed by atoms with Crippen molar-refractivity contribution < 1.29 is 0 Å². The molecule has 0 saturated heterocycles. The highest BCUT2D eigenvalue weighted by Crippen LogP contribution is 2.25. The summed E-state index contributed by atoms with van der Waals surface area (Å²) in [4.78, 5) is 0. The molecule has 0 radical (unpaired) electrons. The van der Waals surface area contributed by atoms with Gasteiger partial charge in [-0.3, -0.25) is 0 Å². The summed E-state index contributed by atoms with van der Waals surface area (Å²) in [6, 6.07) is 21.7. The minimum atomic E-state index is -1.67.